The molecule has 0 bridgehead atoms. The molecule has 1 rings (SSSR count). The smallest absolute Gasteiger partial charge is 0.245 e. The Hall–Kier alpha value is -1.90. The van der Waals surface area contributed by atoms with Crippen LogP contribution >= 0.6 is 0 Å². The zero-order valence-electron chi connectivity index (χ0n) is 13.6. The molecule has 1 saturated heterocycles. The lowest BCUT2D eigenvalue weighted by Gasteiger charge is -2.32. The predicted octanol–water partition coefficient (Wildman–Crippen LogP) is 1.26. The molecule has 1 aliphatic rings. The van der Waals surface area contributed by atoms with Crippen LogP contribution in [-0.2, 0) is 14.4 Å². The van der Waals surface area contributed by atoms with Gasteiger partial charge in [-0.25, -0.2) is 0 Å². The Labute approximate surface area is 131 Å². The maximum Gasteiger partial charge on any atom is 0.245 e. The third-order valence-corrected chi connectivity index (χ3v) is 3.75. The van der Waals surface area contributed by atoms with Gasteiger partial charge in [-0.1, -0.05) is 6.92 Å². The summed E-state index contributed by atoms with van der Waals surface area (Å²) in [6.07, 6.45) is 2.60. The van der Waals surface area contributed by atoms with Crippen molar-refractivity contribution in [1.29, 1.82) is 5.26 Å². The van der Waals surface area contributed by atoms with Crippen molar-refractivity contribution in [3.63, 3.8) is 0 Å². The molecule has 0 aromatic carbocycles. The fourth-order valence-corrected chi connectivity index (χ4v) is 2.66. The summed E-state index contributed by atoms with van der Waals surface area (Å²) in [5.74, 6) is -2.57. The molecule has 6 heteroatoms. The molecule has 0 aliphatic carbocycles. The van der Waals surface area contributed by atoms with Crippen LogP contribution in [-0.4, -0.2) is 41.6 Å². The van der Waals surface area contributed by atoms with E-state index in [9.17, 15) is 14.4 Å². The highest BCUT2D eigenvalue weighted by Gasteiger charge is 2.35. The molecule has 2 unspecified atom stereocenters. The van der Waals surface area contributed by atoms with E-state index in [-0.39, 0.29) is 17.7 Å². The summed E-state index contributed by atoms with van der Waals surface area (Å²) in [6.45, 7) is 6.47. The molecular weight excluding hydrogens is 282 g/mol. The van der Waals surface area contributed by atoms with Crippen molar-refractivity contribution >= 4 is 17.6 Å². The van der Waals surface area contributed by atoms with E-state index in [0.29, 0.717) is 25.9 Å². The minimum absolute atomic E-state index is 0.0418. The van der Waals surface area contributed by atoms with E-state index in [1.807, 2.05) is 13.0 Å². The number of carbonyl (C=O) groups is 3. The molecule has 0 aromatic heterocycles. The number of ketones is 1. The highest BCUT2D eigenvalue weighted by atomic mass is 16.2. The molecule has 1 aliphatic heterocycles. The van der Waals surface area contributed by atoms with Crippen LogP contribution in [0.4, 0.5) is 0 Å². The summed E-state index contributed by atoms with van der Waals surface area (Å²) < 4.78 is 0. The van der Waals surface area contributed by atoms with Crippen LogP contribution in [0.25, 0.3) is 0 Å². The molecule has 0 saturated carbocycles. The zero-order chi connectivity index (χ0) is 16.7. The van der Waals surface area contributed by atoms with Crippen molar-refractivity contribution in [3.05, 3.63) is 0 Å². The van der Waals surface area contributed by atoms with Crippen LogP contribution < -0.4 is 5.32 Å². The molecule has 1 heterocycles. The fourth-order valence-electron chi connectivity index (χ4n) is 2.66. The van der Waals surface area contributed by atoms with E-state index in [1.165, 1.54) is 0 Å². The minimum atomic E-state index is -1.28. The Bertz CT molecular complexity index is 468. The number of hydrogen-bond donors (Lipinski definition) is 1. The zero-order valence-corrected chi connectivity index (χ0v) is 13.6. The first kappa shape index (κ1) is 18.1. The van der Waals surface area contributed by atoms with Gasteiger partial charge in [0, 0.05) is 31.5 Å². The van der Waals surface area contributed by atoms with Gasteiger partial charge in [0.1, 0.15) is 0 Å². The van der Waals surface area contributed by atoms with Crippen LogP contribution in [0, 0.1) is 23.2 Å². The second-order valence-corrected chi connectivity index (χ2v) is 6.06. The second kappa shape index (κ2) is 8.52. The van der Waals surface area contributed by atoms with Gasteiger partial charge < -0.3 is 10.2 Å². The third kappa shape index (κ3) is 4.83. The molecule has 1 N–H and O–H groups in total. The number of nitriles is 1. The Morgan fingerprint density at radius 3 is 2.59 bits per heavy atom. The van der Waals surface area contributed by atoms with Gasteiger partial charge in [0.05, 0.1) is 6.07 Å². The quantitative estimate of drug-likeness (QED) is 0.748. The molecule has 0 spiro atoms. The number of nitrogens with one attached hydrogen (secondary N) is 1. The average molecular weight is 307 g/mol. The topological polar surface area (TPSA) is 90.3 Å². The Morgan fingerprint density at radius 2 is 2.05 bits per heavy atom. The number of hydrogen-bond acceptors (Lipinski definition) is 4. The van der Waals surface area contributed by atoms with E-state index in [2.05, 4.69) is 5.32 Å². The first-order valence-corrected chi connectivity index (χ1v) is 7.92. The maximum absolute atomic E-state index is 12.5. The summed E-state index contributed by atoms with van der Waals surface area (Å²) >= 11 is 0. The summed E-state index contributed by atoms with van der Waals surface area (Å²) in [5, 5.41) is 11.8. The van der Waals surface area contributed by atoms with Crippen LogP contribution in [0.5, 0.6) is 0 Å². The lowest BCUT2D eigenvalue weighted by Crippen LogP contribution is -2.46. The van der Waals surface area contributed by atoms with Gasteiger partial charge in [-0.15, -0.1) is 0 Å². The van der Waals surface area contributed by atoms with Gasteiger partial charge in [0.15, 0.2) is 11.7 Å². The van der Waals surface area contributed by atoms with E-state index in [0.717, 1.165) is 12.8 Å². The molecule has 0 radical (unpaired) electrons. The van der Waals surface area contributed by atoms with Crippen molar-refractivity contribution in [3.8, 4) is 6.07 Å². The molecule has 0 aromatic rings. The standard InChI is InChI=1S/C16H25N3O3/c1-4-6-14(20)19-8-5-7-12(10-19)15(21)13(9-17)16(22)18-11(2)3/h11-13H,4-8,10H2,1-3H3,(H,18,22). The molecule has 6 nitrogen and oxygen atoms in total. The van der Waals surface area contributed by atoms with Crippen molar-refractivity contribution in [2.24, 2.45) is 11.8 Å². The number of rotatable bonds is 6. The lowest BCUT2D eigenvalue weighted by atomic mass is 9.86. The monoisotopic (exact) mass is 307 g/mol. The highest BCUT2D eigenvalue weighted by molar-refractivity contribution is 6.05. The first-order valence-electron chi connectivity index (χ1n) is 7.92. The maximum atomic E-state index is 12.5. The van der Waals surface area contributed by atoms with Gasteiger partial charge >= 0.3 is 0 Å². The van der Waals surface area contributed by atoms with Crippen LogP contribution in [0.1, 0.15) is 46.5 Å². The molecule has 2 atom stereocenters. The van der Waals surface area contributed by atoms with Crippen LogP contribution in [0.15, 0.2) is 0 Å². The largest absolute Gasteiger partial charge is 0.352 e. The van der Waals surface area contributed by atoms with Gasteiger partial charge in [-0.3, -0.25) is 14.4 Å². The van der Waals surface area contributed by atoms with Crippen molar-refractivity contribution in [2.45, 2.75) is 52.5 Å². The summed E-state index contributed by atoms with van der Waals surface area (Å²) in [6, 6.07) is 1.69. The summed E-state index contributed by atoms with van der Waals surface area (Å²) in [4.78, 5) is 38.0. The fraction of sp³-hybridized carbons (Fsp3) is 0.750. The number of nitrogens with zero attached hydrogens (tertiary/aromatic N) is 2. The van der Waals surface area contributed by atoms with E-state index < -0.39 is 17.7 Å². The van der Waals surface area contributed by atoms with E-state index >= 15 is 0 Å². The predicted molar refractivity (Wildman–Crippen MR) is 81.6 cm³/mol. The lowest BCUT2D eigenvalue weighted by molar-refractivity contribution is -0.137. The van der Waals surface area contributed by atoms with Gasteiger partial charge in [-0.2, -0.15) is 5.26 Å². The van der Waals surface area contributed by atoms with Gasteiger partial charge in [0.2, 0.25) is 11.8 Å². The Morgan fingerprint density at radius 1 is 1.36 bits per heavy atom. The van der Waals surface area contributed by atoms with Crippen molar-refractivity contribution in [1.82, 2.24) is 10.2 Å². The second-order valence-electron chi connectivity index (χ2n) is 6.06. The third-order valence-electron chi connectivity index (χ3n) is 3.75. The van der Waals surface area contributed by atoms with Gasteiger partial charge in [0.25, 0.3) is 0 Å². The number of Topliss-reactive ketones (excluding diaryl/α,β-unsaturated/α-hetero) is 1. The average Bonchev–Trinajstić information content (AvgIpc) is 2.47. The summed E-state index contributed by atoms with van der Waals surface area (Å²) in [5.41, 5.74) is 0. The van der Waals surface area contributed by atoms with Gasteiger partial charge in [-0.05, 0) is 33.1 Å². The number of likely N-dealkylation sites (tertiary alicyclic amines) is 1. The SMILES string of the molecule is CCCC(=O)N1CCCC(C(=O)C(C#N)C(=O)NC(C)C)C1. The number of amides is 2. The Kier molecular flexibility index (Phi) is 7.03. The molecule has 22 heavy (non-hydrogen) atoms. The molecule has 2 amide bonds. The van der Waals surface area contributed by atoms with E-state index in [1.54, 1.807) is 18.7 Å². The summed E-state index contributed by atoms with van der Waals surface area (Å²) in [7, 11) is 0. The van der Waals surface area contributed by atoms with Crippen molar-refractivity contribution < 1.29 is 14.4 Å². The molecule has 122 valence electrons. The number of piperidine rings is 1. The van der Waals surface area contributed by atoms with Crippen LogP contribution in [0.3, 0.4) is 0 Å². The van der Waals surface area contributed by atoms with Crippen molar-refractivity contribution in [2.75, 3.05) is 13.1 Å². The molecule has 1 fully saturated rings. The normalized spacial score (nSPS) is 19.4. The van der Waals surface area contributed by atoms with E-state index in [4.69, 9.17) is 5.26 Å². The van der Waals surface area contributed by atoms with Crippen LogP contribution in [0.2, 0.25) is 0 Å². The highest BCUT2D eigenvalue weighted by Crippen LogP contribution is 2.21. The minimum Gasteiger partial charge on any atom is -0.352 e. The first-order chi connectivity index (χ1) is 10.4. The number of carbonyl (C=O) groups excluding carboxylic acids is 3. The Balaban J connectivity index is 2.72. The molecular formula is C16H25N3O3.